The van der Waals surface area contributed by atoms with Crippen LogP contribution in [0.15, 0.2) is 72.9 Å². The number of ether oxygens (including phenoxy) is 3. The van der Waals surface area contributed by atoms with E-state index in [1.807, 2.05) is 0 Å². The number of unbranched alkanes of at least 4 members (excludes halogenated alkanes) is 24. The molecule has 0 bridgehead atoms. The number of allylic oxidation sites excluding steroid dienone is 12. The summed E-state index contributed by atoms with van der Waals surface area (Å²) in [6, 6.07) is 0. The third-order valence-corrected chi connectivity index (χ3v) is 13.0. The smallest absolute Gasteiger partial charge is 0.462 e. The van der Waals surface area contributed by atoms with E-state index >= 15 is 0 Å². The summed E-state index contributed by atoms with van der Waals surface area (Å²) in [4.78, 5) is 48.5. The van der Waals surface area contributed by atoms with Gasteiger partial charge in [-0.25, -0.2) is 4.57 Å². The second-order valence-corrected chi connectivity index (χ2v) is 20.5. The molecular weight excluding hydrogens is 928 g/mol. The van der Waals surface area contributed by atoms with Crippen LogP contribution in [0.4, 0.5) is 0 Å². The molecule has 3 atom stereocenters. The van der Waals surface area contributed by atoms with Crippen molar-refractivity contribution in [3.63, 3.8) is 0 Å². The van der Waals surface area contributed by atoms with Crippen molar-refractivity contribution in [3.05, 3.63) is 72.9 Å². The Morgan fingerprint density at radius 2 is 0.750 bits per heavy atom. The molecule has 0 aliphatic rings. The van der Waals surface area contributed by atoms with Crippen LogP contribution in [-0.2, 0) is 42.2 Å². The molecule has 0 rings (SSSR count). The van der Waals surface area contributed by atoms with Crippen LogP contribution in [0.1, 0.15) is 252 Å². The standard InChI is InChI=1S/C60H105O11P/c1-4-7-10-13-16-19-22-25-26-27-28-29-30-33-36-39-42-45-48-51-60(64)71-57(53-67-58(62)49-46-43-40-37-34-31-23-20-17-14-11-8-5-2)55-69-72(65,66)68-54-56(52-61)70-59(63)50-47-44-41-38-35-32-24-21-18-15-12-9-6-3/h9,11-12,14,18,20-21,23,25-26,32,35,56-57,61H,4-8,10,13,15-17,19,22,24,27-31,33-34,36-55H2,1-3H3,(H,65,66)/b12-9-,14-11-,21-18-,23-20-,26-25-,35-32-. The maximum atomic E-state index is 12.9. The zero-order valence-corrected chi connectivity index (χ0v) is 46.8. The lowest BCUT2D eigenvalue weighted by Gasteiger charge is -2.21. The lowest BCUT2D eigenvalue weighted by Crippen LogP contribution is -2.30. The highest BCUT2D eigenvalue weighted by atomic mass is 31.2. The van der Waals surface area contributed by atoms with E-state index in [1.165, 1.54) is 89.9 Å². The third-order valence-electron chi connectivity index (χ3n) is 12.1. The quantitative estimate of drug-likeness (QED) is 0.0197. The molecule has 11 nitrogen and oxygen atoms in total. The fraction of sp³-hybridized carbons (Fsp3) is 0.750. The number of aliphatic hydroxyl groups excluding tert-OH is 1. The maximum Gasteiger partial charge on any atom is 0.472 e. The Morgan fingerprint density at radius 3 is 1.19 bits per heavy atom. The van der Waals surface area contributed by atoms with Crippen molar-refractivity contribution in [2.75, 3.05) is 26.4 Å². The molecule has 0 fully saturated rings. The van der Waals surface area contributed by atoms with Gasteiger partial charge in [-0.2, -0.15) is 0 Å². The van der Waals surface area contributed by atoms with Crippen molar-refractivity contribution in [3.8, 4) is 0 Å². The Balaban J connectivity index is 4.74. The minimum Gasteiger partial charge on any atom is -0.462 e. The van der Waals surface area contributed by atoms with Gasteiger partial charge in [-0.05, 0) is 103 Å². The highest BCUT2D eigenvalue weighted by molar-refractivity contribution is 7.47. The first-order valence-corrected chi connectivity index (χ1v) is 30.3. The predicted octanol–water partition coefficient (Wildman–Crippen LogP) is 16.9. The summed E-state index contributed by atoms with van der Waals surface area (Å²) in [6.45, 7) is 4.42. The molecule has 0 aliphatic carbocycles. The van der Waals surface area contributed by atoms with Crippen molar-refractivity contribution >= 4 is 25.7 Å². The van der Waals surface area contributed by atoms with Gasteiger partial charge in [-0.1, -0.05) is 203 Å². The van der Waals surface area contributed by atoms with Crippen LogP contribution in [0.5, 0.6) is 0 Å². The molecule has 416 valence electrons. The Morgan fingerprint density at radius 1 is 0.403 bits per heavy atom. The normalized spacial score (nSPS) is 13.9. The van der Waals surface area contributed by atoms with E-state index in [0.29, 0.717) is 19.3 Å². The lowest BCUT2D eigenvalue weighted by atomic mass is 10.1. The molecule has 0 aromatic carbocycles. The van der Waals surface area contributed by atoms with E-state index in [1.54, 1.807) is 0 Å². The minimum atomic E-state index is -4.76. The van der Waals surface area contributed by atoms with E-state index in [2.05, 4.69) is 93.7 Å². The topological polar surface area (TPSA) is 155 Å². The summed E-state index contributed by atoms with van der Waals surface area (Å²) in [5, 5.41) is 9.79. The molecular formula is C60H105O11P. The largest absolute Gasteiger partial charge is 0.472 e. The van der Waals surface area contributed by atoms with Crippen molar-refractivity contribution < 1.29 is 52.2 Å². The average molecular weight is 1030 g/mol. The van der Waals surface area contributed by atoms with Crippen LogP contribution in [0.3, 0.4) is 0 Å². The number of carbonyl (C=O) groups is 3. The summed E-state index contributed by atoms with van der Waals surface area (Å²) in [6.07, 6.45) is 60.1. The van der Waals surface area contributed by atoms with E-state index in [9.17, 15) is 28.9 Å². The van der Waals surface area contributed by atoms with Crippen molar-refractivity contribution in [1.82, 2.24) is 0 Å². The van der Waals surface area contributed by atoms with Crippen LogP contribution in [0.25, 0.3) is 0 Å². The fourth-order valence-electron chi connectivity index (χ4n) is 7.70. The van der Waals surface area contributed by atoms with Crippen LogP contribution in [0.2, 0.25) is 0 Å². The highest BCUT2D eigenvalue weighted by Gasteiger charge is 2.28. The van der Waals surface area contributed by atoms with E-state index in [-0.39, 0.29) is 25.9 Å². The second kappa shape index (κ2) is 54.2. The number of esters is 3. The Hall–Kier alpha value is -3.08. The van der Waals surface area contributed by atoms with Crippen LogP contribution < -0.4 is 0 Å². The van der Waals surface area contributed by atoms with Gasteiger partial charge in [0.25, 0.3) is 0 Å². The molecule has 0 saturated carbocycles. The molecule has 2 N–H and O–H groups in total. The lowest BCUT2D eigenvalue weighted by molar-refractivity contribution is -0.161. The van der Waals surface area contributed by atoms with Crippen LogP contribution in [-0.4, -0.2) is 66.5 Å². The number of phosphoric acid groups is 1. The molecule has 0 radical (unpaired) electrons. The molecule has 0 aliphatic heterocycles. The summed E-state index contributed by atoms with van der Waals surface area (Å²) < 4.78 is 39.5. The van der Waals surface area contributed by atoms with E-state index < -0.39 is 57.8 Å². The van der Waals surface area contributed by atoms with Gasteiger partial charge >= 0.3 is 25.7 Å². The fourth-order valence-corrected chi connectivity index (χ4v) is 8.48. The number of aliphatic hydroxyl groups is 1. The van der Waals surface area contributed by atoms with Gasteiger partial charge in [0.05, 0.1) is 19.8 Å². The number of carbonyl (C=O) groups excluding carboxylic acids is 3. The minimum absolute atomic E-state index is 0.140. The first-order valence-electron chi connectivity index (χ1n) is 28.8. The number of phosphoric ester groups is 1. The zero-order valence-electron chi connectivity index (χ0n) is 45.9. The van der Waals surface area contributed by atoms with Crippen LogP contribution in [0, 0.1) is 0 Å². The SMILES string of the molecule is CC/C=C\C/C=C\C/C=C\CCCCCC(=O)OC(CO)COP(=O)(O)OCC(COC(=O)CCCCCCC/C=C\C/C=C\CCC)OC(=O)CCCCCCCCCCC/C=C\CCCCCCCC. The molecule has 0 spiro atoms. The average Bonchev–Trinajstić information content (AvgIpc) is 3.37. The molecule has 12 heteroatoms. The molecule has 0 aromatic rings. The summed E-state index contributed by atoms with van der Waals surface area (Å²) >= 11 is 0. The van der Waals surface area contributed by atoms with E-state index in [0.717, 1.165) is 103 Å². The van der Waals surface area contributed by atoms with Crippen LogP contribution >= 0.6 is 7.82 Å². The van der Waals surface area contributed by atoms with Crippen molar-refractivity contribution in [2.24, 2.45) is 0 Å². The van der Waals surface area contributed by atoms with Gasteiger partial charge in [0.15, 0.2) is 6.10 Å². The van der Waals surface area contributed by atoms with Gasteiger partial charge < -0.3 is 24.2 Å². The Labute approximate surface area is 439 Å². The van der Waals surface area contributed by atoms with Gasteiger partial charge in [-0.15, -0.1) is 0 Å². The van der Waals surface area contributed by atoms with Gasteiger partial charge in [0, 0.05) is 19.3 Å². The summed E-state index contributed by atoms with van der Waals surface area (Å²) in [5.41, 5.74) is 0. The molecule has 72 heavy (non-hydrogen) atoms. The van der Waals surface area contributed by atoms with Gasteiger partial charge in [-0.3, -0.25) is 23.4 Å². The first kappa shape index (κ1) is 68.9. The third kappa shape index (κ3) is 51.8. The van der Waals surface area contributed by atoms with E-state index in [4.69, 9.17) is 23.3 Å². The zero-order chi connectivity index (χ0) is 52.7. The van der Waals surface area contributed by atoms with Gasteiger partial charge in [0.1, 0.15) is 12.7 Å². The first-order chi connectivity index (χ1) is 35.2. The number of hydrogen-bond donors (Lipinski definition) is 2. The number of rotatable bonds is 53. The Kier molecular flexibility index (Phi) is 51.9. The van der Waals surface area contributed by atoms with Crippen molar-refractivity contribution in [1.29, 1.82) is 0 Å². The second-order valence-electron chi connectivity index (χ2n) is 19.1. The molecule has 0 amide bonds. The van der Waals surface area contributed by atoms with Crippen molar-refractivity contribution in [2.45, 2.75) is 264 Å². The summed E-state index contributed by atoms with van der Waals surface area (Å²) in [5.74, 6) is -1.51. The molecule has 0 heterocycles. The molecule has 0 aromatic heterocycles. The Bertz CT molecular complexity index is 1490. The summed E-state index contributed by atoms with van der Waals surface area (Å²) in [7, 11) is -4.76. The predicted molar refractivity (Wildman–Crippen MR) is 298 cm³/mol. The van der Waals surface area contributed by atoms with Gasteiger partial charge in [0.2, 0.25) is 0 Å². The monoisotopic (exact) mass is 1030 g/mol. The number of hydrogen-bond acceptors (Lipinski definition) is 10. The maximum absolute atomic E-state index is 12.9. The molecule has 0 saturated heterocycles. The highest BCUT2D eigenvalue weighted by Crippen LogP contribution is 2.43. The molecule has 3 unspecified atom stereocenters.